The molecule has 0 atom stereocenters. The van der Waals surface area contributed by atoms with Gasteiger partial charge in [0.25, 0.3) is 5.56 Å². The molecule has 4 rings (SSSR count). The van der Waals surface area contributed by atoms with E-state index < -0.39 is 0 Å². The van der Waals surface area contributed by atoms with E-state index in [0.717, 1.165) is 23.1 Å². The summed E-state index contributed by atoms with van der Waals surface area (Å²) in [5.41, 5.74) is 3.27. The summed E-state index contributed by atoms with van der Waals surface area (Å²) in [4.78, 5) is 16.6. The summed E-state index contributed by atoms with van der Waals surface area (Å²) >= 11 is 0. The molecule has 0 aliphatic rings. The van der Waals surface area contributed by atoms with Gasteiger partial charge in [0.2, 0.25) is 0 Å². The van der Waals surface area contributed by atoms with Crippen LogP contribution in [0.3, 0.4) is 0 Å². The summed E-state index contributed by atoms with van der Waals surface area (Å²) in [7, 11) is 0. The average Bonchev–Trinajstić information content (AvgIpc) is 3.17. The third-order valence-corrected chi connectivity index (χ3v) is 3.73. The fourth-order valence-corrected chi connectivity index (χ4v) is 2.58. The average molecular weight is 305 g/mol. The van der Waals surface area contributed by atoms with Crippen LogP contribution in [0, 0.1) is 11.3 Å². The van der Waals surface area contributed by atoms with E-state index in [9.17, 15) is 4.79 Å². The molecule has 1 N–H and O–H groups in total. The van der Waals surface area contributed by atoms with Crippen molar-refractivity contribution in [2.24, 2.45) is 0 Å². The van der Waals surface area contributed by atoms with Crippen LogP contribution in [0.25, 0.3) is 27.9 Å². The van der Waals surface area contributed by atoms with Crippen molar-refractivity contribution >= 4 is 16.7 Å². The monoisotopic (exact) mass is 305 g/mol. The summed E-state index contributed by atoms with van der Waals surface area (Å²) in [6, 6.07) is 9.06. The lowest BCUT2D eigenvalue weighted by atomic mass is 10.1. The Morgan fingerprint density at radius 3 is 3.00 bits per heavy atom. The van der Waals surface area contributed by atoms with Gasteiger partial charge in [0.05, 0.1) is 11.2 Å². The molecule has 8 heteroatoms. The maximum atomic E-state index is 12.2. The number of aromatic nitrogens is 6. The maximum absolute atomic E-state index is 12.2. The Hall–Kier alpha value is -3.47. The van der Waals surface area contributed by atoms with Gasteiger partial charge in [0.1, 0.15) is 17.1 Å². The highest BCUT2D eigenvalue weighted by molar-refractivity contribution is 5.81. The minimum absolute atomic E-state index is 0.274. The van der Waals surface area contributed by atoms with Gasteiger partial charge in [-0.05, 0) is 19.1 Å². The highest BCUT2D eigenvalue weighted by Crippen LogP contribution is 2.22. The Labute approximate surface area is 129 Å². The van der Waals surface area contributed by atoms with Crippen molar-refractivity contribution in [3.8, 4) is 17.3 Å². The first kappa shape index (κ1) is 13.2. The van der Waals surface area contributed by atoms with Crippen molar-refractivity contribution in [1.82, 2.24) is 29.6 Å². The molecule has 0 bridgehead atoms. The summed E-state index contributed by atoms with van der Waals surface area (Å²) in [5.74, 6) is 0. The number of aromatic amines is 1. The Balaban J connectivity index is 1.95. The van der Waals surface area contributed by atoms with E-state index >= 15 is 0 Å². The van der Waals surface area contributed by atoms with Crippen molar-refractivity contribution in [3.63, 3.8) is 0 Å². The number of fused-ring (bicyclic) bond motifs is 2. The molecule has 4 aromatic rings. The van der Waals surface area contributed by atoms with Gasteiger partial charge in [-0.3, -0.25) is 9.89 Å². The first-order valence-corrected chi connectivity index (χ1v) is 7.06. The van der Waals surface area contributed by atoms with Gasteiger partial charge >= 0.3 is 0 Å². The molecule has 0 spiro atoms. The molecule has 112 valence electrons. The number of rotatable bonds is 2. The molecule has 0 unspecified atom stereocenters. The molecule has 0 amide bonds. The second-order valence-electron chi connectivity index (χ2n) is 5.05. The molecule has 8 nitrogen and oxygen atoms in total. The minimum Gasteiger partial charge on any atom is -0.295 e. The maximum Gasteiger partial charge on any atom is 0.273 e. The molecule has 0 radical (unpaired) electrons. The van der Waals surface area contributed by atoms with E-state index in [-0.39, 0.29) is 5.56 Å². The first-order valence-electron chi connectivity index (χ1n) is 7.06. The predicted octanol–water partition coefficient (Wildman–Crippen LogP) is 1.33. The van der Waals surface area contributed by atoms with E-state index in [1.165, 1.54) is 16.8 Å². The molecule has 0 saturated heterocycles. The smallest absolute Gasteiger partial charge is 0.273 e. The molecule has 0 aliphatic carbocycles. The van der Waals surface area contributed by atoms with Gasteiger partial charge < -0.3 is 0 Å². The van der Waals surface area contributed by atoms with Gasteiger partial charge in [-0.2, -0.15) is 5.26 Å². The summed E-state index contributed by atoms with van der Waals surface area (Å²) in [6.07, 6.45) is 1.46. The first-order chi connectivity index (χ1) is 11.2. The molecule has 0 saturated carbocycles. The lowest BCUT2D eigenvalue weighted by Gasteiger charge is -2.02. The fraction of sp³-hybridized carbons (Fsp3) is 0.133. The summed E-state index contributed by atoms with van der Waals surface area (Å²) < 4.78 is 3.04. The van der Waals surface area contributed by atoms with Crippen LogP contribution < -0.4 is 5.56 Å². The van der Waals surface area contributed by atoms with Crippen LogP contribution >= 0.6 is 0 Å². The number of H-pyrrole nitrogens is 1. The van der Waals surface area contributed by atoms with Gasteiger partial charge in [0.15, 0.2) is 5.65 Å². The molecule has 23 heavy (non-hydrogen) atoms. The number of nitrogens with one attached hydrogen (secondary N) is 1. The fourth-order valence-electron chi connectivity index (χ4n) is 2.58. The number of hydrogen-bond donors (Lipinski definition) is 1. The van der Waals surface area contributed by atoms with Crippen molar-refractivity contribution in [3.05, 3.63) is 46.4 Å². The highest BCUT2D eigenvalue weighted by atomic mass is 16.1. The molecule has 0 aliphatic heterocycles. The molecule has 3 aromatic heterocycles. The van der Waals surface area contributed by atoms with Crippen molar-refractivity contribution < 1.29 is 0 Å². The van der Waals surface area contributed by atoms with Crippen molar-refractivity contribution in [1.29, 1.82) is 5.26 Å². The summed E-state index contributed by atoms with van der Waals surface area (Å²) in [5, 5.41) is 20.0. The van der Waals surface area contributed by atoms with E-state index in [1.54, 1.807) is 4.68 Å². The van der Waals surface area contributed by atoms with Crippen LogP contribution in [0.15, 0.2) is 35.3 Å². The Bertz CT molecular complexity index is 1140. The third kappa shape index (κ3) is 1.91. The van der Waals surface area contributed by atoms with Crippen molar-refractivity contribution in [2.75, 3.05) is 0 Å². The summed E-state index contributed by atoms with van der Waals surface area (Å²) in [6.45, 7) is 2.73. The van der Waals surface area contributed by atoms with Crippen LogP contribution in [0.4, 0.5) is 0 Å². The van der Waals surface area contributed by atoms with Crippen LogP contribution in [-0.2, 0) is 6.54 Å². The largest absolute Gasteiger partial charge is 0.295 e. The molecule has 0 fully saturated rings. The second-order valence-corrected chi connectivity index (χ2v) is 5.05. The zero-order chi connectivity index (χ0) is 16.0. The van der Waals surface area contributed by atoms with E-state index in [1.807, 2.05) is 31.2 Å². The SMILES string of the molecule is CCn1nnc2cc(-c3cc(=O)n4[nH]cc(C#N)c4n3)ccc21. The lowest BCUT2D eigenvalue weighted by molar-refractivity contribution is 0.646. The normalized spacial score (nSPS) is 11.1. The Kier molecular flexibility index (Phi) is 2.74. The Morgan fingerprint density at radius 1 is 1.35 bits per heavy atom. The molecule has 1 aromatic carbocycles. The minimum atomic E-state index is -0.274. The van der Waals surface area contributed by atoms with E-state index in [4.69, 9.17) is 5.26 Å². The van der Waals surface area contributed by atoms with Gasteiger partial charge in [-0.1, -0.05) is 11.3 Å². The highest BCUT2D eigenvalue weighted by Gasteiger charge is 2.11. The van der Waals surface area contributed by atoms with Gasteiger partial charge in [-0.25, -0.2) is 14.2 Å². The van der Waals surface area contributed by atoms with Crippen LogP contribution in [0.1, 0.15) is 12.5 Å². The van der Waals surface area contributed by atoms with Crippen LogP contribution in [-0.4, -0.2) is 29.6 Å². The van der Waals surface area contributed by atoms with Gasteiger partial charge in [0, 0.05) is 24.4 Å². The quantitative estimate of drug-likeness (QED) is 0.601. The zero-order valence-electron chi connectivity index (χ0n) is 12.2. The van der Waals surface area contributed by atoms with Gasteiger partial charge in [-0.15, -0.1) is 5.10 Å². The van der Waals surface area contributed by atoms with Crippen LogP contribution in [0.5, 0.6) is 0 Å². The standard InChI is InChI=1S/C15H11N7O/c1-2-21-13-4-3-9(5-12(13)19-20-21)11-6-14(23)22-15(18-11)10(7-16)8-17-22/h3-6,8,17H,2H2,1H3. The molecule has 3 heterocycles. The third-order valence-electron chi connectivity index (χ3n) is 3.73. The predicted molar refractivity (Wildman–Crippen MR) is 82.7 cm³/mol. The second kappa shape index (κ2) is 4.78. The molecular weight excluding hydrogens is 294 g/mol. The zero-order valence-corrected chi connectivity index (χ0v) is 12.2. The topological polar surface area (TPSA) is 105 Å². The Morgan fingerprint density at radius 2 is 2.22 bits per heavy atom. The number of hydrogen-bond acceptors (Lipinski definition) is 5. The van der Waals surface area contributed by atoms with E-state index in [2.05, 4.69) is 20.4 Å². The number of nitriles is 1. The van der Waals surface area contributed by atoms with E-state index in [0.29, 0.717) is 16.9 Å². The number of nitrogens with zero attached hydrogens (tertiary/aromatic N) is 6. The van der Waals surface area contributed by atoms with Crippen molar-refractivity contribution in [2.45, 2.75) is 13.5 Å². The number of benzene rings is 1. The lowest BCUT2D eigenvalue weighted by Crippen LogP contribution is -2.14. The van der Waals surface area contributed by atoms with Crippen LogP contribution in [0.2, 0.25) is 0 Å². The number of aryl methyl sites for hydroxylation is 1. The molecular formula is C15H11N7O.